The molecule has 5 nitrogen and oxygen atoms in total. The molecule has 0 saturated carbocycles. The summed E-state index contributed by atoms with van der Waals surface area (Å²) in [5.41, 5.74) is -0.345. The van der Waals surface area contributed by atoms with Gasteiger partial charge in [0.25, 0.3) is 0 Å². The van der Waals surface area contributed by atoms with Gasteiger partial charge in [-0.1, -0.05) is 12.1 Å². The molecule has 8 heteroatoms. The van der Waals surface area contributed by atoms with E-state index in [9.17, 15) is 23.1 Å². The van der Waals surface area contributed by atoms with E-state index in [0.717, 1.165) is 18.2 Å². The van der Waals surface area contributed by atoms with Crippen molar-refractivity contribution < 1.29 is 27.8 Å². The molecule has 24 heavy (non-hydrogen) atoms. The number of aliphatic hydroxyl groups is 1. The first-order valence-electron chi connectivity index (χ1n) is 6.80. The fourth-order valence-electron chi connectivity index (χ4n) is 1.89. The number of benzene rings is 1. The van der Waals surface area contributed by atoms with Gasteiger partial charge in [0.1, 0.15) is 5.75 Å². The second-order valence-corrected chi connectivity index (χ2v) is 4.74. The number of hydrogen-bond acceptors (Lipinski definition) is 5. The van der Waals surface area contributed by atoms with Gasteiger partial charge in [-0.25, -0.2) is 9.97 Å². The molecule has 0 radical (unpaired) electrons. The van der Waals surface area contributed by atoms with E-state index in [-0.39, 0.29) is 23.6 Å². The van der Waals surface area contributed by atoms with E-state index in [1.807, 2.05) is 0 Å². The van der Waals surface area contributed by atoms with E-state index in [0.29, 0.717) is 0 Å². The minimum absolute atomic E-state index is 0.00817. The molecular weight excluding hydrogens is 325 g/mol. The lowest BCUT2D eigenvalue weighted by molar-refractivity contribution is -0.206. The summed E-state index contributed by atoms with van der Waals surface area (Å²) in [4.78, 5) is 19.5. The predicted octanol–water partition coefficient (Wildman–Crippen LogP) is 3.22. The Morgan fingerprint density at radius 2 is 2.00 bits per heavy atom. The maximum Gasteiger partial charge on any atom is 0.418 e. The number of ether oxygens (including phenoxy) is 1. The molecule has 1 N–H and O–H groups in total. The van der Waals surface area contributed by atoms with Crippen LogP contribution in [0.3, 0.4) is 0 Å². The monoisotopic (exact) mass is 338 g/mol. The normalized spacial score (nSPS) is 12.5. The van der Waals surface area contributed by atoms with Gasteiger partial charge in [0.2, 0.25) is 0 Å². The molecule has 2 aromatic rings. The topological polar surface area (TPSA) is 72.3 Å². The van der Waals surface area contributed by atoms with E-state index in [1.165, 1.54) is 24.5 Å². The molecule has 1 aromatic heterocycles. The molecule has 1 heterocycles. The van der Waals surface area contributed by atoms with Gasteiger partial charge in [0, 0.05) is 12.4 Å². The van der Waals surface area contributed by atoms with Gasteiger partial charge in [0.05, 0.1) is 12.0 Å². The summed E-state index contributed by atoms with van der Waals surface area (Å²) < 4.78 is 43.2. The summed E-state index contributed by atoms with van der Waals surface area (Å²) in [6.07, 6.45) is -3.44. The molecule has 0 spiro atoms. The maximum absolute atomic E-state index is 12.7. The Labute approximate surface area is 135 Å². The molecule has 1 unspecified atom stereocenters. The van der Waals surface area contributed by atoms with E-state index >= 15 is 0 Å². The summed E-state index contributed by atoms with van der Waals surface area (Å²) in [5.74, 6) is -0.576. The standard InChI is InChI=1S/C16H13F3N2O3/c1-2-4-13(22)24-12-6-5-10(14(23)16(17,18)19)9-11(12)15-20-7-3-8-21-15/h2-3,5-9,14,23H,1,4H2. The van der Waals surface area contributed by atoms with Crippen molar-refractivity contribution in [3.05, 3.63) is 54.9 Å². The third-order valence-electron chi connectivity index (χ3n) is 2.97. The van der Waals surface area contributed by atoms with Crippen molar-refractivity contribution >= 4 is 5.97 Å². The highest BCUT2D eigenvalue weighted by Gasteiger charge is 2.39. The smallest absolute Gasteiger partial charge is 0.418 e. The Bertz CT molecular complexity index is 733. The molecule has 2 rings (SSSR count). The molecule has 1 aromatic carbocycles. The van der Waals surface area contributed by atoms with Crippen LogP contribution in [0.2, 0.25) is 0 Å². The van der Waals surface area contributed by atoms with Gasteiger partial charge < -0.3 is 9.84 Å². The summed E-state index contributed by atoms with van der Waals surface area (Å²) in [6, 6.07) is 4.77. The first-order chi connectivity index (χ1) is 11.3. The molecule has 0 fully saturated rings. The number of aromatic nitrogens is 2. The zero-order valence-corrected chi connectivity index (χ0v) is 12.3. The first kappa shape index (κ1) is 17.6. The summed E-state index contributed by atoms with van der Waals surface area (Å²) in [6.45, 7) is 3.40. The van der Waals surface area contributed by atoms with Crippen LogP contribution in [0.15, 0.2) is 49.3 Å². The van der Waals surface area contributed by atoms with Gasteiger partial charge in [-0.15, -0.1) is 6.58 Å². The molecule has 0 aliphatic heterocycles. The fourth-order valence-corrected chi connectivity index (χ4v) is 1.89. The zero-order chi connectivity index (χ0) is 17.7. The number of aliphatic hydroxyl groups excluding tert-OH is 1. The Balaban J connectivity index is 2.48. The number of esters is 1. The van der Waals surface area contributed by atoms with Crippen molar-refractivity contribution in [2.45, 2.75) is 18.7 Å². The van der Waals surface area contributed by atoms with Crippen LogP contribution < -0.4 is 4.74 Å². The van der Waals surface area contributed by atoms with Crippen LogP contribution in [0.1, 0.15) is 18.1 Å². The molecule has 0 amide bonds. The third kappa shape index (κ3) is 4.17. The Kier molecular flexibility index (Phi) is 5.30. The third-order valence-corrected chi connectivity index (χ3v) is 2.97. The number of hydrogen-bond donors (Lipinski definition) is 1. The summed E-state index contributed by atoms with van der Waals surface area (Å²) in [5, 5.41) is 9.40. The van der Waals surface area contributed by atoms with Crippen LogP contribution in [0.5, 0.6) is 5.75 Å². The van der Waals surface area contributed by atoms with Crippen molar-refractivity contribution in [1.29, 1.82) is 0 Å². The largest absolute Gasteiger partial charge is 0.426 e. The SMILES string of the molecule is C=CCC(=O)Oc1ccc(C(O)C(F)(F)F)cc1-c1ncccn1. The van der Waals surface area contributed by atoms with Crippen LogP contribution in [0.4, 0.5) is 13.2 Å². The number of halogens is 3. The van der Waals surface area contributed by atoms with E-state index in [4.69, 9.17) is 4.74 Å². The maximum atomic E-state index is 12.7. The van der Waals surface area contributed by atoms with Crippen LogP contribution >= 0.6 is 0 Å². The van der Waals surface area contributed by atoms with E-state index in [2.05, 4.69) is 16.5 Å². The lowest BCUT2D eigenvalue weighted by Gasteiger charge is -2.17. The number of carbonyl (C=O) groups excluding carboxylic acids is 1. The second-order valence-electron chi connectivity index (χ2n) is 4.74. The molecular formula is C16H13F3N2O3. The van der Waals surface area contributed by atoms with Crippen LogP contribution in [0.25, 0.3) is 11.4 Å². The highest BCUT2D eigenvalue weighted by molar-refractivity contribution is 5.77. The molecule has 126 valence electrons. The first-order valence-corrected chi connectivity index (χ1v) is 6.80. The molecule has 0 bridgehead atoms. The number of alkyl halides is 3. The van der Waals surface area contributed by atoms with Gasteiger partial charge >= 0.3 is 12.1 Å². The molecule has 1 atom stereocenters. The van der Waals surface area contributed by atoms with Gasteiger partial charge in [-0.2, -0.15) is 13.2 Å². The van der Waals surface area contributed by atoms with Crippen molar-refractivity contribution in [2.24, 2.45) is 0 Å². The zero-order valence-electron chi connectivity index (χ0n) is 12.3. The Hall–Kier alpha value is -2.74. The van der Waals surface area contributed by atoms with Crippen molar-refractivity contribution in [1.82, 2.24) is 9.97 Å². The van der Waals surface area contributed by atoms with Gasteiger partial charge in [0.15, 0.2) is 11.9 Å². The van der Waals surface area contributed by atoms with Gasteiger partial charge in [-0.3, -0.25) is 4.79 Å². The summed E-state index contributed by atoms with van der Waals surface area (Å²) in [7, 11) is 0. The minimum atomic E-state index is -4.82. The fraction of sp³-hybridized carbons (Fsp3) is 0.188. The lowest BCUT2D eigenvalue weighted by Crippen LogP contribution is -2.20. The van der Waals surface area contributed by atoms with Crippen molar-refractivity contribution in [3.8, 4) is 17.1 Å². The lowest BCUT2D eigenvalue weighted by atomic mass is 10.0. The van der Waals surface area contributed by atoms with Gasteiger partial charge in [-0.05, 0) is 23.8 Å². The van der Waals surface area contributed by atoms with E-state index in [1.54, 1.807) is 0 Å². The van der Waals surface area contributed by atoms with Crippen LogP contribution in [-0.2, 0) is 4.79 Å². The minimum Gasteiger partial charge on any atom is -0.426 e. The van der Waals surface area contributed by atoms with Crippen molar-refractivity contribution in [2.75, 3.05) is 0 Å². The number of carbonyl (C=O) groups is 1. The molecule has 0 saturated heterocycles. The Morgan fingerprint density at radius 1 is 1.33 bits per heavy atom. The van der Waals surface area contributed by atoms with Crippen LogP contribution in [0, 0.1) is 0 Å². The van der Waals surface area contributed by atoms with Crippen molar-refractivity contribution in [3.63, 3.8) is 0 Å². The predicted molar refractivity (Wildman–Crippen MR) is 78.9 cm³/mol. The number of rotatable bonds is 5. The highest BCUT2D eigenvalue weighted by Crippen LogP contribution is 2.36. The van der Waals surface area contributed by atoms with E-state index < -0.39 is 23.8 Å². The molecule has 0 aliphatic carbocycles. The molecule has 0 aliphatic rings. The quantitative estimate of drug-likeness (QED) is 0.515. The second kappa shape index (κ2) is 7.22. The highest BCUT2D eigenvalue weighted by atomic mass is 19.4. The number of nitrogens with zero attached hydrogens (tertiary/aromatic N) is 2. The Morgan fingerprint density at radius 3 is 2.58 bits per heavy atom. The average Bonchev–Trinajstić information content (AvgIpc) is 2.54. The summed E-state index contributed by atoms with van der Waals surface area (Å²) >= 11 is 0. The average molecular weight is 338 g/mol. The van der Waals surface area contributed by atoms with Crippen LogP contribution in [-0.4, -0.2) is 27.2 Å².